The topological polar surface area (TPSA) is 123 Å². The number of anilines is 2. The number of carbonyl (C=O) groups is 4. The maximum Gasteiger partial charge on any atom is 0.471 e. The predicted molar refractivity (Wildman–Crippen MR) is 141 cm³/mol. The first-order chi connectivity index (χ1) is 19.8. The van der Waals surface area contributed by atoms with Gasteiger partial charge in [-0.2, -0.15) is 18.4 Å². The van der Waals surface area contributed by atoms with Crippen LogP contribution in [0.4, 0.5) is 28.9 Å². The van der Waals surface area contributed by atoms with E-state index in [1.54, 1.807) is 43.4 Å². The van der Waals surface area contributed by atoms with Gasteiger partial charge < -0.3 is 15.5 Å². The third-order valence-corrected chi connectivity index (χ3v) is 8.04. The summed E-state index contributed by atoms with van der Waals surface area (Å²) >= 11 is 0. The molecule has 9 nitrogen and oxygen atoms in total. The van der Waals surface area contributed by atoms with Gasteiger partial charge in [0.2, 0.25) is 11.8 Å². The van der Waals surface area contributed by atoms with E-state index >= 15 is 0 Å². The van der Waals surface area contributed by atoms with Crippen LogP contribution in [0.2, 0.25) is 0 Å². The summed E-state index contributed by atoms with van der Waals surface area (Å²) in [5.41, 5.74) is 0.217. The number of fused-ring (bicyclic) bond motifs is 3. The zero-order valence-electron chi connectivity index (χ0n) is 22.7. The molecule has 1 fully saturated rings. The fourth-order valence-corrected chi connectivity index (χ4v) is 6.14. The molecule has 0 bridgehead atoms. The monoisotopic (exact) mass is 585 g/mol. The van der Waals surface area contributed by atoms with Crippen molar-refractivity contribution < 1.29 is 36.7 Å². The average molecular weight is 586 g/mol. The smallest absolute Gasteiger partial charge is 0.336 e. The van der Waals surface area contributed by atoms with Gasteiger partial charge >= 0.3 is 12.1 Å². The molecule has 42 heavy (non-hydrogen) atoms. The van der Waals surface area contributed by atoms with Gasteiger partial charge in [0, 0.05) is 25.1 Å². The maximum absolute atomic E-state index is 14.4. The summed E-state index contributed by atoms with van der Waals surface area (Å²) in [7, 11) is 0. The second-order valence-electron chi connectivity index (χ2n) is 11.3. The van der Waals surface area contributed by atoms with E-state index in [2.05, 4.69) is 11.4 Å². The number of para-hydroxylation sites is 1. The molecule has 220 valence electrons. The number of amides is 4. The van der Waals surface area contributed by atoms with Crippen molar-refractivity contribution in [1.29, 1.82) is 5.26 Å². The lowest BCUT2D eigenvalue weighted by Gasteiger charge is -2.41. The van der Waals surface area contributed by atoms with Gasteiger partial charge in [-0.05, 0) is 41.7 Å². The summed E-state index contributed by atoms with van der Waals surface area (Å²) < 4.78 is 53.7. The Morgan fingerprint density at radius 3 is 2.57 bits per heavy atom. The number of benzene rings is 2. The summed E-state index contributed by atoms with van der Waals surface area (Å²) in [5.74, 6) is -5.41. The average Bonchev–Trinajstić information content (AvgIpc) is 3.45. The minimum Gasteiger partial charge on any atom is -0.336 e. The zero-order chi connectivity index (χ0) is 30.6. The van der Waals surface area contributed by atoms with Crippen LogP contribution in [0.15, 0.2) is 42.5 Å². The van der Waals surface area contributed by atoms with E-state index in [-0.39, 0.29) is 48.9 Å². The molecule has 0 aliphatic carbocycles. The molecule has 4 atom stereocenters. The quantitative estimate of drug-likeness (QED) is 0.522. The van der Waals surface area contributed by atoms with Gasteiger partial charge in [0.15, 0.2) is 0 Å². The Morgan fingerprint density at radius 2 is 1.90 bits per heavy atom. The lowest BCUT2D eigenvalue weighted by Crippen LogP contribution is -2.61. The highest BCUT2D eigenvalue weighted by Gasteiger charge is 2.57. The summed E-state index contributed by atoms with van der Waals surface area (Å²) in [6.45, 7) is 3.35. The van der Waals surface area contributed by atoms with E-state index in [1.807, 2.05) is 0 Å². The van der Waals surface area contributed by atoms with E-state index in [0.717, 1.165) is 17.0 Å². The van der Waals surface area contributed by atoms with Crippen molar-refractivity contribution in [1.82, 2.24) is 10.2 Å². The van der Waals surface area contributed by atoms with Crippen molar-refractivity contribution in [2.24, 2.45) is 5.92 Å². The van der Waals surface area contributed by atoms with Crippen molar-refractivity contribution in [3.05, 3.63) is 59.4 Å². The maximum atomic E-state index is 14.4. The fourth-order valence-electron chi connectivity index (χ4n) is 6.14. The molecule has 4 amide bonds. The lowest BCUT2D eigenvalue weighted by molar-refractivity contribution is -0.174. The molecule has 13 heteroatoms. The predicted octanol–water partition coefficient (Wildman–Crippen LogP) is 3.19. The Hall–Kier alpha value is -4.47. The van der Waals surface area contributed by atoms with Gasteiger partial charge in [-0.1, -0.05) is 38.1 Å². The van der Waals surface area contributed by atoms with Crippen LogP contribution in [0.1, 0.15) is 37.8 Å². The summed E-state index contributed by atoms with van der Waals surface area (Å²) in [6.07, 6.45) is -5.61. The van der Waals surface area contributed by atoms with E-state index in [0.29, 0.717) is 11.3 Å². The van der Waals surface area contributed by atoms with Gasteiger partial charge in [-0.15, -0.1) is 0 Å². The van der Waals surface area contributed by atoms with Crippen molar-refractivity contribution in [3.8, 4) is 6.07 Å². The van der Waals surface area contributed by atoms with Gasteiger partial charge in [-0.25, -0.2) is 4.39 Å². The highest BCUT2D eigenvalue weighted by Crippen LogP contribution is 2.47. The molecule has 3 aliphatic rings. The zero-order valence-corrected chi connectivity index (χ0v) is 22.7. The highest BCUT2D eigenvalue weighted by molar-refractivity contribution is 6.09. The standard InChI is InChI=1S/C29H27F4N5O4/c1-15(2)9-23(25(40)37-14-28(12-18(37)13-34)19-5-3-4-6-20(19)35-26(28)41)38-22-11-17(30)8-7-16(22)10-21(24(38)39)36-27(42)29(31,32)33/h3-8,11,15,18,21,23H,9-10,12,14H2,1-2H3,(H,35,41)(H,36,42)/t18-,21-,23-,28-/m0/s1. The van der Waals surface area contributed by atoms with E-state index in [1.165, 1.54) is 11.0 Å². The van der Waals surface area contributed by atoms with Crippen LogP contribution < -0.4 is 15.5 Å². The highest BCUT2D eigenvalue weighted by atomic mass is 19.4. The molecule has 0 unspecified atom stereocenters. The van der Waals surface area contributed by atoms with Crippen LogP contribution in [0.25, 0.3) is 0 Å². The van der Waals surface area contributed by atoms with E-state index < -0.39 is 53.3 Å². The number of nitrogens with one attached hydrogen (secondary N) is 2. The molecule has 3 aliphatic heterocycles. The third kappa shape index (κ3) is 4.84. The Morgan fingerprint density at radius 1 is 1.19 bits per heavy atom. The first-order valence-corrected chi connectivity index (χ1v) is 13.4. The van der Waals surface area contributed by atoms with Gasteiger partial charge in [-0.3, -0.25) is 24.1 Å². The molecule has 1 saturated heterocycles. The van der Waals surface area contributed by atoms with Crippen molar-refractivity contribution >= 4 is 35.0 Å². The Bertz CT molecular complexity index is 1520. The normalized spacial score (nSPS) is 23.9. The number of rotatable bonds is 5. The summed E-state index contributed by atoms with van der Waals surface area (Å²) in [4.78, 5) is 55.2. The van der Waals surface area contributed by atoms with Crippen LogP contribution >= 0.6 is 0 Å². The fraction of sp³-hybridized carbons (Fsp3) is 0.414. The van der Waals surface area contributed by atoms with Gasteiger partial charge in [0.1, 0.15) is 23.9 Å². The minimum absolute atomic E-state index is 0.00406. The van der Waals surface area contributed by atoms with Crippen molar-refractivity contribution in [2.75, 3.05) is 16.8 Å². The first kappa shape index (κ1) is 29.0. The molecule has 2 aromatic rings. The van der Waals surface area contributed by atoms with E-state index in [4.69, 9.17) is 0 Å². The van der Waals surface area contributed by atoms with E-state index in [9.17, 15) is 42.0 Å². The van der Waals surface area contributed by atoms with Crippen LogP contribution in [-0.2, 0) is 31.0 Å². The number of nitrogens with zero attached hydrogens (tertiary/aromatic N) is 3. The molecule has 3 heterocycles. The van der Waals surface area contributed by atoms with Gasteiger partial charge in [0.05, 0.1) is 17.2 Å². The minimum atomic E-state index is -5.26. The second kappa shape index (κ2) is 10.4. The molecule has 1 spiro atoms. The summed E-state index contributed by atoms with van der Waals surface area (Å²) in [6, 6.07) is 8.28. The van der Waals surface area contributed by atoms with Crippen LogP contribution in [0, 0.1) is 23.1 Å². The SMILES string of the molecule is CC(C)C[C@@H](C(=O)N1C[C@]2(C[C@H]1C#N)C(=O)Nc1ccccc12)N1C(=O)[C@@H](NC(=O)C(F)(F)F)Cc2ccc(F)cc21. The Balaban J connectivity index is 1.56. The molecule has 5 rings (SSSR count). The molecule has 0 aromatic heterocycles. The number of halogens is 4. The molecular formula is C29H27F4N5O4. The number of likely N-dealkylation sites (tertiary alicyclic amines) is 1. The van der Waals surface area contributed by atoms with Crippen LogP contribution in [-0.4, -0.2) is 59.4 Å². The summed E-state index contributed by atoms with van der Waals surface area (Å²) in [5, 5.41) is 14.5. The first-order valence-electron chi connectivity index (χ1n) is 13.4. The van der Waals surface area contributed by atoms with Gasteiger partial charge in [0.25, 0.3) is 5.91 Å². The molecule has 0 radical (unpaired) electrons. The Kier molecular flexibility index (Phi) is 7.20. The van der Waals surface area contributed by atoms with Crippen LogP contribution in [0.3, 0.4) is 0 Å². The second-order valence-corrected chi connectivity index (χ2v) is 11.3. The Labute approximate surface area is 238 Å². The van der Waals surface area contributed by atoms with Crippen LogP contribution in [0.5, 0.6) is 0 Å². The number of hydrogen-bond donors (Lipinski definition) is 2. The molecule has 2 aromatic carbocycles. The third-order valence-electron chi connectivity index (χ3n) is 8.04. The number of carbonyl (C=O) groups excluding carboxylic acids is 4. The number of alkyl halides is 3. The molecule has 0 saturated carbocycles. The molecular weight excluding hydrogens is 558 g/mol. The van der Waals surface area contributed by atoms with Crippen molar-refractivity contribution in [3.63, 3.8) is 0 Å². The number of hydrogen-bond acceptors (Lipinski definition) is 5. The number of nitriles is 1. The largest absolute Gasteiger partial charge is 0.471 e. The van der Waals surface area contributed by atoms with Crippen molar-refractivity contribution in [2.45, 2.75) is 62.8 Å². The lowest BCUT2D eigenvalue weighted by atomic mass is 9.80. The molecule has 2 N–H and O–H groups in total.